The number of carbonyl (C=O) groups excluding carboxylic acids is 2. The highest BCUT2D eigenvalue weighted by molar-refractivity contribution is 5.72. The Hall–Kier alpha value is -1.59. The molecular formula is C17H26ClNO4. The minimum atomic E-state index is -0.462. The molecule has 0 fully saturated rings. The average Bonchev–Trinajstić information content (AvgIpc) is 2.44. The molecule has 0 aliphatic heterocycles. The first-order valence-electron chi connectivity index (χ1n) is 7.49. The molecule has 0 spiro atoms. The first-order chi connectivity index (χ1) is 10.3. The summed E-state index contributed by atoms with van der Waals surface area (Å²) in [4.78, 5) is 23.4. The molecule has 0 radical (unpaired) electrons. The second-order valence-corrected chi connectivity index (χ2v) is 6.29. The topological polar surface area (TPSA) is 52.6 Å². The minimum Gasteiger partial charge on any atom is -1.00 e. The van der Waals surface area contributed by atoms with Gasteiger partial charge in [-0.1, -0.05) is 37.3 Å². The van der Waals surface area contributed by atoms with E-state index >= 15 is 0 Å². The number of halogens is 1. The lowest BCUT2D eigenvalue weighted by Crippen LogP contribution is -3.00. The molecule has 0 unspecified atom stereocenters. The van der Waals surface area contributed by atoms with Gasteiger partial charge in [-0.05, 0) is 5.56 Å². The molecular weight excluding hydrogens is 318 g/mol. The van der Waals surface area contributed by atoms with E-state index in [0.717, 1.165) is 5.56 Å². The monoisotopic (exact) mass is 343 g/mol. The summed E-state index contributed by atoms with van der Waals surface area (Å²) >= 11 is 0. The van der Waals surface area contributed by atoms with Crippen molar-refractivity contribution in [1.82, 2.24) is 0 Å². The molecule has 6 heteroatoms. The number of ether oxygens (including phenoxy) is 2. The Morgan fingerprint density at radius 3 is 2.22 bits per heavy atom. The number of rotatable bonds is 8. The van der Waals surface area contributed by atoms with Crippen LogP contribution in [0.15, 0.2) is 30.3 Å². The summed E-state index contributed by atoms with van der Waals surface area (Å²) in [6.07, 6.45) is -0.0865. The van der Waals surface area contributed by atoms with Crippen molar-refractivity contribution < 1.29 is 36.0 Å². The Bertz CT molecular complexity index is 485. The molecule has 0 aliphatic rings. The highest BCUT2D eigenvalue weighted by atomic mass is 35.5. The maximum absolute atomic E-state index is 12.0. The van der Waals surface area contributed by atoms with Crippen LogP contribution in [0.1, 0.15) is 25.3 Å². The van der Waals surface area contributed by atoms with Gasteiger partial charge in [0.1, 0.15) is 13.2 Å². The molecule has 0 N–H and O–H groups in total. The summed E-state index contributed by atoms with van der Waals surface area (Å²) in [6.45, 7) is 2.53. The molecule has 0 amide bonds. The van der Waals surface area contributed by atoms with Crippen LogP contribution in [0, 0.1) is 0 Å². The molecule has 1 rings (SSSR count). The van der Waals surface area contributed by atoms with Crippen molar-refractivity contribution in [3.63, 3.8) is 0 Å². The summed E-state index contributed by atoms with van der Waals surface area (Å²) in [5.41, 5.74) is 0.935. The maximum Gasteiger partial charge on any atom is 0.310 e. The van der Waals surface area contributed by atoms with Gasteiger partial charge in [0.25, 0.3) is 0 Å². The zero-order chi connectivity index (χ0) is 16.6. The maximum atomic E-state index is 12.0. The lowest BCUT2D eigenvalue weighted by atomic mass is 10.2. The second-order valence-electron chi connectivity index (χ2n) is 6.29. The Balaban J connectivity index is 0.00000484. The molecule has 0 saturated carbocycles. The number of likely N-dealkylation sites (N-methyl/N-ethyl adjacent to an activating group) is 1. The van der Waals surface area contributed by atoms with E-state index < -0.39 is 6.10 Å². The van der Waals surface area contributed by atoms with Crippen molar-refractivity contribution in [2.45, 2.75) is 32.5 Å². The Kier molecular flexibility index (Phi) is 9.53. The zero-order valence-electron chi connectivity index (χ0n) is 14.3. The third-order valence-corrected chi connectivity index (χ3v) is 2.98. The van der Waals surface area contributed by atoms with Gasteiger partial charge in [0.05, 0.1) is 27.6 Å². The zero-order valence-corrected chi connectivity index (χ0v) is 15.0. The van der Waals surface area contributed by atoms with Gasteiger partial charge in [-0.15, -0.1) is 0 Å². The van der Waals surface area contributed by atoms with Crippen LogP contribution in [0.3, 0.4) is 0 Å². The molecule has 0 saturated heterocycles. The van der Waals surface area contributed by atoms with Gasteiger partial charge in [0.2, 0.25) is 0 Å². The lowest BCUT2D eigenvalue weighted by Gasteiger charge is -2.28. The van der Waals surface area contributed by atoms with Crippen LogP contribution in [0.2, 0.25) is 0 Å². The number of quaternary nitrogens is 1. The molecule has 1 aromatic carbocycles. The molecule has 23 heavy (non-hydrogen) atoms. The van der Waals surface area contributed by atoms with E-state index in [1.165, 1.54) is 0 Å². The van der Waals surface area contributed by atoms with Crippen molar-refractivity contribution in [2.24, 2.45) is 0 Å². The van der Waals surface area contributed by atoms with Gasteiger partial charge in [0.15, 0.2) is 6.10 Å². The predicted octanol–water partition coefficient (Wildman–Crippen LogP) is -0.848. The number of benzene rings is 1. The Morgan fingerprint density at radius 2 is 1.70 bits per heavy atom. The summed E-state index contributed by atoms with van der Waals surface area (Å²) < 4.78 is 11.2. The third kappa shape index (κ3) is 9.92. The van der Waals surface area contributed by atoms with Crippen LogP contribution in [-0.4, -0.2) is 50.2 Å². The summed E-state index contributed by atoms with van der Waals surface area (Å²) in [7, 11) is 5.96. The number of esters is 2. The van der Waals surface area contributed by atoms with E-state index in [1.54, 1.807) is 6.92 Å². The highest BCUT2D eigenvalue weighted by Gasteiger charge is 2.25. The van der Waals surface area contributed by atoms with E-state index in [2.05, 4.69) is 0 Å². The number of carbonyl (C=O) groups is 2. The smallest absolute Gasteiger partial charge is 0.310 e. The second kappa shape index (κ2) is 10.2. The van der Waals surface area contributed by atoms with Crippen LogP contribution in [-0.2, 0) is 25.7 Å². The van der Waals surface area contributed by atoms with Crippen molar-refractivity contribution in [3.8, 4) is 0 Å². The molecule has 1 atom stereocenters. The third-order valence-electron chi connectivity index (χ3n) is 2.98. The molecule has 130 valence electrons. The molecule has 0 aromatic heterocycles. The van der Waals surface area contributed by atoms with Crippen molar-refractivity contribution in [2.75, 3.05) is 27.7 Å². The molecule has 0 bridgehead atoms. The largest absolute Gasteiger partial charge is 1.00 e. The average molecular weight is 344 g/mol. The van der Waals surface area contributed by atoms with Crippen molar-refractivity contribution >= 4 is 11.9 Å². The van der Waals surface area contributed by atoms with Gasteiger partial charge in [-0.2, -0.15) is 0 Å². The van der Waals surface area contributed by atoms with E-state index in [0.29, 0.717) is 17.4 Å². The van der Waals surface area contributed by atoms with E-state index in [9.17, 15) is 9.59 Å². The standard InChI is InChI=1S/C17H26NO4.ClH/c1-5-16(19)22-15(12-18(2,3)4)11-17(20)21-13-14-9-7-6-8-10-14;/h6-10,15H,5,11-13H2,1-4H3;1H/q+1;/p-1/t15-;/m1./s1. The number of hydrogen-bond donors (Lipinski definition) is 0. The van der Waals surface area contributed by atoms with Gasteiger partial charge < -0.3 is 26.4 Å². The number of nitrogens with zero attached hydrogens (tertiary/aromatic N) is 1. The van der Waals surface area contributed by atoms with E-state index in [4.69, 9.17) is 9.47 Å². The highest BCUT2D eigenvalue weighted by Crippen LogP contribution is 2.09. The predicted molar refractivity (Wildman–Crippen MR) is 83.9 cm³/mol. The first-order valence-corrected chi connectivity index (χ1v) is 7.49. The fraction of sp³-hybridized carbons (Fsp3) is 0.529. The summed E-state index contributed by atoms with van der Waals surface area (Å²) in [5, 5.41) is 0. The van der Waals surface area contributed by atoms with Crippen molar-refractivity contribution in [1.29, 1.82) is 0 Å². The molecule has 0 aliphatic carbocycles. The minimum absolute atomic E-state index is 0. The Morgan fingerprint density at radius 1 is 1.09 bits per heavy atom. The summed E-state index contributed by atoms with van der Waals surface area (Å²) in [6, 6.07) is 9.49. The van der Waals surface area contributed by atoms with E-state index in [1.807, 2.05) is 51.5 Å². The Labute approximate surface area is 144 Å². The van der Waals surface area contributed by atoms with Crippen LogP contribution in [0.4, 0.5) is 0 Å². The van der Waals surface area contributed by atoms with Crippen LogP contribution >= 0.6 is 0 Å². The lowest BCUT2D eigenvalue weighted by molar-refractivity contribution is -0.873. The van der Waals surface area contributed by atoms with Crippen molar-refractivity contribution in [3.05, 3.63) is 35.9 Å². The fourth-order valence-electron chi connectivity index (χ4n) is 2.01. The molecule has 0 heterocycles. The number of hydrogen-bond acceptors (Lipinski definition) is 4. The van der Waals surface area contributed by atoms with Crippen LogP contribution in [0.5, 0.6) is 0 Å². The molecule has 5 nitrogen and oxygen atoms in total. The van der Waals surface area contributed by atoms with E-state index in [-0.39, 0.29) is 37.4 Å². The normalized spacial score (nSPS) is 12.0. The van der Waals surface area contributed by atoms with Gasteiger partial charge in [-0.3, -0.25) is 9.59 Å². The van der Waals surface area contributed by atoms with Gasteiger partial charge in [-0.25, -0.2) is 0 Å². The van der Waals surface area contributed by atoms with Gasteiger partial charge >= 0.3 is 11.9 Å². The SMILES string of the molecule is CCC(=O)O[C@H](CC(=O)OCc1ccccc1)C[N+](C)(C)C.[Cl-]. The fourth-order valence-corrected chi connectivity index (χ4v) is 2.01. The summed E-state index contributed by atoms with van der Waals surface area (Å²) in [5.74, 6) is -0.652. The van der Waals surface area contributed by atoms with Crippen LogP contribution < -0.4 is 12.4 Å². The van der Waals surface area contributed by atoms with Crippen LogP contribution in [0.25, 0.3) is 0 Å². The first kappa shape index (κ1) is 21.4. The molecule has 1 aromatic rings. The van der Waals surface area contributed by atoms with Gasteiger partial charge in [0, 0.05) is 6.42 Å². The quantitative estimate of drug-likeness (QED) is 0.456.